The van der Waals surface area contributed by atoms with Crippen LogP contribution in [0, 0.1) is 6.92 Å². The van der Waals surface area contributed by atoms with Gasteiger partial charge in [-0.25, -0.2) is 0 Å². The van der Waals surface area contributed by atoms with E-state index in [2.05, 4.69) is 11.0 Å². The van der Waals surface area contributed by atoms with Crippen molar-refractivity contribution >= 4 is 11.9 Å². The average Bonchev–Trinajstić information content (AvgIpc) is 3.15. The number of benzene rings is 3. The summed E-state index contributed by atoms with van der Waals surface area (Å²) in [6, 6.07) is 19.7. The number of hydrogen-bond acceptors (Lipinski definition) is 5. The van der Waals surface area contributed by atoms with Crippen molar-refractivity contribution in [3.63, 3.8) is 0 Å². The smallest absolute Gasteiger partial charge is 0.231 e. The van der Waals surface area contributed by atoms with Crippen LogP contribution in [-0.2, 0) is 13.0 Å². The maximum atomic E-state index is 13.0. The van der Waals surface area contributed by atoms with Crippen molar-refractivity contribution < 1.29 is 19.0 Å². The highest BCUT2D eigenvalue weighted by molar-refractivity contribution is 6.15. The van der Waals surface area contributed by atoms with E-state index in [9.17, 15) is 4.79 Å². The zero-order chi connectivity index (χ0) is 22.1. The van der Waals surface area contributed by atoms with Crippen molar-refractivity contribution in [2.75, 3.05) is 20.4 Å². The van der Waals surface area contributed by atoms with Gasteiger partial charge in [-0.2, -0.15) is 0 Å². The van der Waals surface area contributed by atoms with Gasteiger partial charge in [0.2, 0.25) is 5.78 Å². The molecule has 5 rings (SSSR count). The van der Waals surface area contributed by atoms with E-state index in [0.29, 0.717) is 30.3 Å². The number of carbonyl (C=O) groups excluding carboxylic acids is 1. The third-order valence-electron chi connectivity index (χ3n) is 6.05. The molecule has 0 fully saturated rings. The molecule has 0 spiro atoms. The van der Waals surface area contributed by atoms with Crippen LogP contribution in [0.2, 0.25) is 0 Å². The normalized spacial score (nSPS) is 16.3. The van der Waals surface area contributed by atoms with E-state index >= 15 is 0 Å². The standard InChI is InChI=1S/C27H25NO4/c1-18-7-3-4-9-20(18)15-25-26(29)21-11-12-24-22(27(21)32-25)16-28(17-31-24)14-13-19-8-5-6-10-23(19)30-2/h3-12,15H,13-14,16-17H2,1-2H3/b25-15-. The molecule has 0 bridgehead atoms. The van der Waals surface area contributed by atoms with Gasteiger partial charge in [0.15, 0.2) is 5.76 Å². The zero-order valence-corrected chi connectivity index (χ0v) is 18.3. The van der Waals surface area contributed by atoms with Crippen molar-refractivity contribution in [3.05, 3.63) is 94.2 Å². The Hall–Kier alpha value is -3.57. The van der Waals surface area contributed by atoms with Gasteiger partial charge in [0.05, 0.1) is 18.2 Å². The van der Waals surface area contributed by atoms with Crippen LogP contribution in [0.3, 0.4) is 0 Å². The third-order valence-corrected chi connectivity index (χ3v) is 6.05. The van der Waals surface area contributed by atoms with Crippen molar-refractivity contribution in [1.29, 1.82) is 0 Å². The summed E-state index contributed by atoms with van der Waals surface area (Å²) in [5.74, 6) is 2.56. The highest BCUT2D eigenvalue weighted by atomic mass is 16.5. The lowest BCUT2D eigenvalue weighted by Crippen LogP contribution is -2.33. The van der Waals surface area contributed by atoms with E-state index < -0.39 is 0 Å². The van der Waals surface area contributed by atoms with Gasteiger partial charge in [0.25, 0.3) is 0 Å². The molecular weight excluding hydrogens is 402 g/mol. The van der Waals surface area contributed by atoms with Crippen LogP contribution in [0.1, 0.15) is 32.6 Å². The van der Waals surface area contributed by atoms with Crippen LogP contribution >= 0.6 is 0 Å². The summed E-state index contributed by atoms with van der Waals surface area (Å²) < 4.78 is 17.6. The Labute approximate surface area is 187 Å². The van der Waals surface area contributed by atoms with Gasteiger partial charge in [0, 0.05) is 13.1 Å². The summed E-state index contributed by atoms with van der Waals surface area (Å²) in [4.78, 5) is 15.2. The number of methoxy groups -OCH3 is 1. The number of ketones is 1. The molecule has 0 aliphatic carbocycles. The number of hydrogen-bond donors (Lipinski definition) is 0. The highest BCUT2D eigenvalue weighted by Gasteiger charge is 2.33. The predicted molar refractivity (Wildman–Crippen MR) is 123 cm³/mol. The van der Waals surface area contributed by atoms with E-state index in [1.54, 1.807) is 13.2 Å². The molecule has 32 heavy (non-hydrogen) atoms. The fourth-order valence-electron chi connectivity index (χ4n) is 4.23. The molecule has 3 aromatic rings. The molecule has 0 aromatic heterocycles. The molecule has 0 atom stereocenters. The predicted octanol–water partition coefficient (Wildman–Crippen LogP) is 5.01. The molecule has 2 aliphatic heterocycles. The fourth-order valence-corrected chi connectivity index (χ4v) is 4.23. The lowest BCUT2D eigenvalue weighted by atomic mass is 10.0. The van der Waals surface area contributed by atoms with Crippen molar-refractivity contribution in [2.24, 2.45) is 0 Å². The van der Waals surface area contributed by atoms with Crippen LogP contribution in [-0.4, -0.2) is 31.1 Å². The van der Waals surface area contributed by atoms with Crippen molar-refractivity contribution in [1.82, 2.24) is 4.90 Å². The van der Waals surface area contributed by atoms with E-state index in [0.717, 1.165) is 46.7 Å². The van der Waals surface area contributed by atoms with Gasteiger partial charge in [-0.15, -0.1) is 0 Å². The molecule has 5 nitrogen and oxygen atoms in total. The van der Waals surface area contributed by atoms with E-state index in [1.807, 2.05) is 61.5 Å². The molecule has 0 N–H and O–H groups in total. The minimum Gasteiger partial charge on any atom is -0.496 e. The van der Waals surface area contributed by atoms with Crippen LogP contribution in [0.4, 0.5) is 0 Å². The van der Waals surface area contributed by atoms with Gasteiger partial charge >= 0.3 is 0 Å². The van der Waals surface area contributed by atoms with Gasteiger partial charge in [-0.3, -0.25) is 9.69 Å². The number of fused-ring (bicyclic) bond motifs is 3. The second-order valence-electron chi connectivity index (χ2n) is 8.10. The van der Waals surface area contributed by atoms with Crippen LogP contribution in [0.25, 0.3) is 6.08 Å². The van der Waals surface area contributed by atoms with Gasteiger partial charge < -0.3 is 14.2 Å². The number of para-hydroxylation sites is 1. The first-order valence-electron chi connectivity index (χ1n) is 10.8. The summed E-state index contributed by atoms with van der Waals surface area (Å²) in [6.07, 6.45) is 2.67. The van der Waals surface area contributed by atoms with E-state index in [-0.39, 0.29) is 5.78 Å². The van der Waals surface area contributed by atoms with Crippen LogP contribution in [0.5, 0.6) is 17.2 Å². The highest BCUT2D eigenvalue weighted by Crippen LogP contribution is 2.42. The zero-order valence-electron chi connectivity index (χ0n) is 18.3. The van der Waals surface area contributed by atoms with Gasteiger partial charge in [-0.05, 0) is 54.3 Å². The Bertz CT molecular complexity index is 1210. The molecule has 2 aliphatic rings. The largest absolute Gasteiger partial charge is 0.496 e. The summed E-state index contributed by atoms with van der Waals surface area (Å²) in [5.41, 5.74) is 4.76. The lowest BCUT2D eigenvalue weighted by molar-refractivity contribution is 0.0948. The number of allylic oxidation sites excluding steroid dienone is 1. The SMILES string of the molecule is COc1ccccc1CCN1COc2ccc3c(c2C1)O/C(=C\c1ccccc1C)C3=O. The first-order valence-corrected chi connectivity index (χ1v) is 10.8. The monoisotopic (exact) mass is 427 g/mol. The Kier molecular flexibility index (Phi) is 5.41. The lowest BCUT2D eigenvalue weighted by Gasteiger charge is -2.29. The number of aryl methyl sites for hydroxylation is 1. The quantitative estimate of drug-likeness (QED) is 0.536. The second-order valence-corrected chi connectivity index (χ2v) is 8.10. The minimum absolute atomic E-state index is 0.0859. The number of nitrogens with zero attached hydrogens (tertiary/aromatic N) is 1. The molecule has 3 aromatic carbocycles. The Morgan fingerprint density at radius 1 is 1.06 bits per heavy atom. The molecule has 0 saturated heterocycles. The number of ether oxygens (including phenoxy) is 3. The molecular formula is C27H25NO4. The summed E-state index contributed by atoms with van der Waals surface area (Å²) >= 11 is 0. The van der Waals surface area contributed by atoms with E-state index in [1.165, 1.54) is 0 Å². The molecule has 0 unspecified atom stereocenters. The Morgan fingerprint density at radius 2 is 1.88 bits per heavy atom. The molecule has 0 saturated carbocycles. The first-order chi connectivity index (χ1) is 15.6. The van der Waals surface area contributed by atoms with Crippen molar-refractivity contribution in [3.8, 4) is 17.2 Å². The summed E-state index contributed by atoms with van der Waals surface area (Å²) in [6.45, 7) is 4.00. The summed E-state index contributed by atoms with van der Waals surface area (Å²) in [5, 5.41) is 0. The Morgan fingerprint density at radius 3 is 2.72 bits per heavy atom. The average molecular weight is 428 g/mol. The maximum Gasteiger partial charge on any atom is 0.231 e. The molecule has 5 heteroatoms. The minimum atomic E-state index is -0.0859. The fraction of sp³-hybridized carbons (Fsp3) is 0.222. The topological polar surface area (TPSA) is 48.0 Å². The van der Waals surface area contributed by atoms with Gasteiger partial charge in [0.1, 0.15) is 24.0 Å². The number of Topliss-reactive ketones (excluding diaryl/α,β-unsaturated/α-hetero) is 1. The number of rotatable bonds is 5. The summed E-state index contributed by atoms with van der Waals surface area (Å²) in [7, 11) is 1.69. The van der Waals surface area contributed by atoms with Crippen LogP contribution < -0.4 is 14.2 Å². The molecule has 0 radical (unpaired) electrons. The second kappa shape index (κ2) is 8.52. The van der Waals surface area contributed by atoms with Crippen molar-refractivity contribution in [2.45, 2.75) is 19.9 Å². The van der Waals surface area contributed by atoms with E-state index in [4.69, 9.17) is 14.2 Å². The maximum absolute atomic E-state index is 13.0. The third kappa shape index (κ3) is 3.76. The van der Waals surface area contributed by atoms with Gasteiger partial charge in [-0.1, -0.05) is 42.5 Å². The number of carbonyl (C=O) groups is 1. The molecule has 0 amide bonds. The Balaban J connectivity index is 1.37. The van der Waals surface area contributed by atoms with Crippen LogP contribution in [0.15, 0.2) is 66.4 Å². The molecule has 2 heterocycles. The molecule has 162 valence electrons. The first kappa shape index (κ1) is 20.3.